The molecule has 0 amide bonds. The third-order valence-electron chi connectivity index (χ3n) is 3.72. The van der Waals surface area contributed by atoms with E-state index in [2.05, 4.69) is 13.8 Å². The fourth-order valence-corrected chi connectivity index (χ4v) is 2.60. The summed E-state index contributed by atoms with van der Waals surface area (Å²) in [6.45, 7) is 4.52. The van der Waals surface area contributed by atoms with Crippen LogP contribution in [0.15, 0.2) is 0 Å². The molecular weight excluding hydrogens is 188 g/mol. The molecule has 2 N–H and O–H groups in total. The summed E-state index contributed by atoms with van der Waals surface area (Å²) in [6.07, 6.45) is 7.48. The minimum absolute atomic E-state index is 0.0671. The van der Waals surface area contributed by atoms with Crippen LogP contribution in [0.1, 0.15) is 52.4 Å². The zero-order valence-electron chi connectivity index (χ0n) is 10.2. The van der Waals surface area contributed by atoms with Crippen LogP contribution in [0, 0.1) is 17.8 Å². The first-order chi connectivity index (χ1) is 7.13. The monoisotopic (exact) mass is 214 g/mol. The average molecular weight is 214 g/mol. The van der Waals surface area contributed by atoms with E-state index in [1.165, 1.54) is 25.7 Å². The maximum Gasteiger partial charge on any atom is 0.0571 e. The van der Waals surface area contributed by atoms with Crippen molar-refractivity contribution in [1.29, 1.82) is 0 Å². The minimum atomic E-state index is 0.0671. The van der Waals surface area contributed by atoms with E-state index < -0.39 is 0 Å². The smallest absolute Gasteiger partial charge is 0.0571 e. The van der Waals surface area contributed by atoms with E-state index >= 15 is 0 Å². The van der Waals surface area contributed by atoms with Crippen LogP contribution in [0.3, 0.4) is 0 Å². The summed E-state index contributed by atoms with van der Waals surface area (Å²) < 4.78 is 0. The Kier molecular flexibility index (Phi) is 5.62. The van der Waals surface area contributed by atoms with Crippen LogP contribution in [0.25, 0.3) is 0 Å². The van der Waals surface area contributed by atoms with Crippen molar-refractivity contribution in [2.75, 3.05) is 6.61 Å². The normalized spacial score (nSPS) is 33.8. The molecule has 0 aromatic carbocycles. The minimum Gasteiger partial charge on any atom is -0.396 e. The Bertz CT molecular complexity index is 160. The molecule has 0 heterocycles. The Hall–Kier alpha value is -0.0800. The molecule has 3 saturated carbocycles. The Labute approximate surface area is 93.7 Å². The summed E-state index contributed by atoms with van der Waals surface area (Å²) in [5.41, 5.74) is 0. The average Bonchev–Trinajstić information content (AvgIpc) is 2.19. The van der Waals surface area contributed by atoms with Crippen LogP contribution < -0.4 is 0 Å². The molecule has 1 atom stereocenters. The topological polar surface area (TPSA) is 40.5 Å². The molecule has 0 radical (unpaired) electrons. The summed E-state index contributed by atoms with van der Waals surface area (Å²) >= 11 is 0. The van der Waals surface area contributed by atoms with Gasteiger partial charge in [0.05, 0.1) is 6.10 Å². The first kappa shape index (κ1) is 13.0. The summed E-state index contributed by atoms with van der Waals surface area (Å²) in [6, 6.07) is 0. The first-order valence-electron chi connectivity index (χ1n) is 6.42. The molecule has 1 unspecified atom stereocenters. The van der Waals surface area contributed by atoms with Crippen molar-refractivity contribution in [2.45, 2.75) is 58.5 Å². The van der Waals surface area contributed by atoms with Crippen LogP contribution in [0.5, 0.6) is 0 Å². The number of aliphatic hydroxyl groups is 2. The van der Waals surface area contributed by atoms with Crippen molar-refractivity contribution in [2.24, 2.45) is 17.8 Å². The maximum absolute atomic E-state index is 9.40. The first-order valence-corrected chi connectivity index (χ1v) is 6.42. The van der Waals surface area contributed by atoms with Gasteiger partial charge in [0.25, 0.3) is 0 Å². The Balaban J connectivity index is 0.000000167. The van der Waals surface area contributed by atoms with Crippen LogP contribution in [0.2, 0.25) is 0 Å². The van der Waals surface area contributed by atoms with Crippen molar-refractivity contribution >= 4 is 0 Å². The molecular formula is C13H26O2. The number of fused-ring (bicyclic) bond motifs is 3. The highest BCUT2D eigenvalue weighted by Crippen LogP contribution is 2.40. The maximum atomic E-state index is 9.40. The van der Waals surface area contributed by atoms with Gasteiger partial charge < -0.3 is 10.2 Å². The van der Waals surface area contributed by atoms with E-state index in [-0.39, 0.29) is 6.10 Å². The lowest BCUT2D eigenvalue weighted by atomic mass is 9.69. The third-order valence-corrected chi connectivity index (χ3v) is 3.72. The van der Waals surface area contributed by atoms with Gasteiger partial charge in [-0.15, -0.1) is 0 Å². The quantitative estimate of drug-likeness (QED) is 0.741. The van der Waals surface area contributed by atoms with Gasteiger partial charge in [-0.1, -0.05) is 13.8 Å². The Morgan fingerprint density at radius 3 is 1.87 bits per heavy atom. The van der Waals surface area contributed by atoms with Crippen LogP contribution in [-0.2, 0) is 0 Å². The number of hydrogen-bond donors (Lipinski definition) is 2. The van der Waals surface area contributed by atoms with Crippen molar-refractivity contribution in [3.8, 4) is 0 Å². The fourth-order valence-electron chi connectivity index (χ4n) is 2.60. The number of rotatable bonds is 2. The van der Waals surface area contributed by atoms with E-state index in [0.29, 0.717) is 18.4 Å². The van der Waals surface area contributed by atoms with Gasteiger partial charge in [-0.3, -0.25) is 0 Å². The molecule has 0 spiro atoms. The molecule has 0 aliphatic heterocycles. The van der Waals surface area contributed by atoms with E-state index in [1.807, 2.05) is 0 Å². The van der Waals surface area contributed by atoms with Gasteiger partial charge >= 0.3 is 0 Å². The molecule has 3 aliphatic rings. The molecule has 2 nitrogen and oxygen atoms in total. The lowest BCUT2D eigenvalue weighted by molar-refractivity contribution is 0.00248. The van der Waals surface area contributed by atoms with Crippen molar-refractivity contribution in [1.82, 2.24) is 0 Å². The number of hydrogen-bond acceptors (Lipinski definition) is 2. The predicted molar refractivity (Wildman–Crippen MR) is 62.6 cm³/mol. The van der Waals surface area contributed by atoms with Crippen LogP contribution in [0.4, 0.5) is 0 Å². The van der Waals surface area contributed by atoms with Crippen molar-refractivity contribution in [3.63, 3.8) is 0 Å². The van der Waals surface area contributed by atoms with Gasteiger partial charge in [-0.05, 0) is 56.3 Å². The van der Waals surface area contributed by atoms with Crippen molar-refractivity contribution in [3.05, 3.63) is 0 Å². The zero-order chi connectivity index (χ0) is 11.3. The standard InChI is InChI=1S/C8H14O.C5H12O/c9-8-5-6-1-3-7(8)4-2-6;1-5(2)3-4-6/h6-9H,1-5H2;5-6H,3-4H2,1-2H3. The van der Waals surface area contributed by atoms with Gasteiger partial charge in [0, 0.05) is 6.61 Å². The van der Waals surface area contributed by atoms with Gasteiger partial charge in [-0.2, -0.15) is 0 Å². The van der Waals surface area contributed by atoms with E-state index in [4.69, 9.17) is 5.11 Å². The Morgan fingerprint density at radius 2 is 1.73 bits per heavy atom. The van der Waals surface area contributed by atoms with Crippen LogP contribution in [-0.4, -0.2) is 22.9 Å². The molecule has 3 aliphatic carbocycles. The molecule has 3 rings (SSSR count). The summed E-state index contributed by atoms with van der Waals surface area (Å²) in [7, 11) is 0. The van der Waals surface area contributed by atoms with E-state index in [9.17, 15) is 5.11 Å². The molecule has 2 bridgehead atoms. The van der Waals surface area contributed by atoms with E-state index in [0.717, 1.165) is 18.8 Å². The van der Waals surface area contributed by atoms with Crippen molar-refractivity contribution < 1.29 is 10.2 Å². The summed E-state index contributed by atoms with van der Waals surface area (Å²) in [5, 5.41) is 17.6. The molecule has 0 aromatic heterocycles. The molecule has 15 heavy (non-hydrogen) atoms. The second kappa shape index (κ2) is 6.49. The van der Waals surface area contributed by atoms with Gasteiger partial charge in [-0.25, -0.2) is 0 Å². The SMILES string of the molecule is CC(C)CCO.OC1CC2CCC1CC2. The summed E-state index contributed by atoms with van der Waals surface area (Å²) in [4.78, 5) is 0. The molecule has 3 fully saturated rings. The number of aliphatic hydroxyl groups excluding tert-OH is 2. The summed E-state index contributed by atoms with van der Waals surface area (Å²) in [5.74, 6) is 2.20. The van der Waals surface area contributed by atoms with Crippen LogP contribution >= 0.6 is 0 Å². The lowest BCUT2D eigenvalue weighted by Crippen LogP contribution is -2.34. The highest BCUT2D eigenvalue weighted by Gasteiger charge is 2.33. The lowest BCUT2D eigenvalue weighted by Gasteiger charge is -2.39. The Morgan fingerprint density at radius 1 is 1.13 bits per heavy atom. The second-order valence-corrected chi connectivity index (χ2v) is 5.49. The van der Waals surface area contributed by atoms with Gasteiger partial charge in [0.15, 0.2) is 0 Å². The fraction of sp³-hybridized carbons (Fsp3) is 1.00. The second-order valence-electron chi connectivity index (χ2n) is 5.49. The largest absolute Gasteiger partial charge is 0.396 e. The van der Waals surface area contributed by atoms with Gasteiger partial charge in [0.2, 0.25) is 0 Å². The van der Waals surface area contributed by atoms with E-state index in [1.54, 1.807) is 0 Å². The van der Waals surface area contributed by atoms with Gasteiger partial charge in [0.1, 0.15) is 0 Å². The molecule has 90 valence electrons. The molecule has 2 heteroatoms. The predicted octanol–water partition coefficient (Wildman–Crippen LogP) is 2.58. The zero-order valence-corrected chi connectivity index (χ0v) is 10.2. The highest BCUT2D eigenvalue weighted by atomic mass is 16.3. The third kappa shape index (κ3) is 4.52. The molecule has 0 aromatic rings. The molecule has 0 saturated heterocycles. The highest BCUT2D eigenvalue weighted by molar-refractivity contribution is 4.85.